The normalized spacial score (nSPS) is 23.9. The maximum absolute atomic E-state index is 11.8. The summed E-state index contributed by atoms with van der Waals surface area (Å²) in [5.74, 6) is -0.550. The SMILES string of the molecule is CCCN(CC1(C(=O)O)CCCCCC1)C1CC1. The van der Waals surface area contributed by atoms with Gasteiger partial charge in [-0.05, 0) is 38.6 Å². The maximum atomic E-state index is 11.8. The summed E-state index contributed by atoms with van der Waals surface area (Å²) in [7, 11) is 0. The average Bonchev–Trinajstić information content (AvgIpc) is 3.16. The van der Waals surface area contributed by atoms with Crippen LogP contribution in [0.3, 0.4) is 0 Å². The first-order valence-corrected chi connectivity index (χ1v) is 7.65. The fraction of sp³-hybridized carbons (Fsp3) is 0.933. The molecule has 0 saturated heterocycles. The smallest absolute Gasteiger partial charge is 0.310 e. The Bertz CT molecular complexity index is 278. The van der Waals surface area contributed by atoms with Gasteiger partial charge in [-0.2, -0.15) is 0 Å². The van der Waals surface area contributed by atoms with Gasteiger partial charge in [0.05, 0.1) is 5.41 Å². The van der Waals surface area contributed by atoms with Crippen molar-refractivity contribution in [1.29, 1.82) is 0 Å². The first kappa shape index (κ1) is 13.9. The lowest BCUT2D eigenvalue weighted by Gasteiger charge is -2.34. The number of rotatable bonds is 6. The molecule has 3 nitrogen and oxygen atoms in total. The highest BCUT2D eigenvalue weighted by molar-refractivity contribution is 5.75. The van der Waals surface area contributed by atoms with Crippen LogP contribution in [0.25, 0.3) is 0 Å². The molecule has 2 aliphatic carbocycles. The number of aliphatic carboxylic acids is 1. The van der Waals surface area contributed by atoms with Crippen molar-refractivity contribution >= 4 is 5.97 Å². The van der Waals surface area contributed by atoms with Crippen molar-refractivity contribution < 1.29 is 9.90 Å². The highest BCUT2D eigenvalue weighted by Gasteiger charge is 2.42. The van der Waals surface area contributed by atoms with Crippen molar-refractivity contribution in [3.8, 4) is 0 Å². The molecular formula is C15H27NO2. The lowest BCUT2D eigenvalue weighted by molar-refractivity contribution is -0.151. The number of nitrogens with zero attached hydrogens (tertiary/aromatic N) is 1. The molecule has 0 aromatic carbocycles. The Morgan fingerprint density at radius 2 is 1.83 bits per heavy atom. The van der Waals surface area contributed by atoms with Crippen molar-refractivity contribution in [2.45, 2.75) is 70.8 Å². The zero-order chi connectivity index (χ0) is 13.0. The molecule has 0 heterocycles. The molecule has 2 fully saturated rings. The van der Waals surface area contributed by atoms with Crippen molar-refractivity contribution in [2.75, 3.05) is 13.1 Å². The van der Waals surface area contributed by atoms with Gasteiger partial charge in [-0.3, -0.25) is 9.69 Å². The summed E-state index contributed by atoms with van der Waals surface area (Å²) < 4.78 is 0. The second-order valence-electron chi connectivity index (χ2n) is 6.20. The quantitative estimate of drug-likeness (QED) is 0.738. The molecule has 0 bridgehead atoms. The van der Waals surface area contributed by atoms with Crippen LogP contribution in [-0.4, -0.2) is 35.1 Å². The van der Waals surface area contributed by atoms with E-state index in [0.717, 1.165) is 45.2 Å². The molecule has 0 radical (unpaired) electrons. The topological polar surface area (TPSA) is 40.5 Å². The predicted octanol–water partition coefficient (Wildman–Crippen LogP) is 3.29. The van der Waals surface area contributed by atoms with Crippen LogP contribution in [0.15, 0.2) is 0 Å². The van der Waals surface area contributed by atoms with Crippen LogP contribution >= 0.6 is 0 Å². The Hall–Kier alpha value is -0.570. The molecular weight excluding hydrogens is 226 g/mol. The molecule has 3 heteroatoms. The molecule has 2 aliphatic rings. The summed E-state index contributed by atoms with van der Waals surface area (Å²) in [6.07, 6.45) is 10.1. The van der Waals surface area contributed by atoms with Crippen molar-refractivity contribution in [1.82, 2.24) is 4.90 Å². The number of hydrogen-bond acceptors (Lipinski definition) is 2. The van der Waals surface area contributed by atoms with Crippen LogP contribution in [-0.2, 0) is 4.79 Å². The van der Waals surface area contributed by atoms with Gasteiger partial charge in [-0.1, -0.05) is 32.6 Å². The van der Waals surface area contributed by atoms with Gasteiger partial charge in [0.15, 0.2) is 0 Å². The van der Waals surface area contributed by atoms with Gasteiger partial charge >= 0.3 is 5.97 Å². The summed E-state index contributed by atoms with van der Waals surface area (Å²) in [5, 5.41) is 9.71. The second kappa shape index (κ2) is 6.05. The Morgan fingerprint density at radius 3 is 2.28 bits per heavy atom. The Kier molecular flexibility index (Phi) is 4.66. The molecule has 0 atom stereocenters. The van der Waals surface area contributed by atoms with Gasteiger partial charge in [0.25, 0.3) is 0 Å². The number of carbonyl (C=O) groups is 1. The van der Waals surface area contributed by atoms with E-state index in [4.69, 9.17) is 0 Å². The van der Waals surface area contributed by atoms with Crippen LogP contribution < -0.4 is 0 Å². The van der Waals surface area contributed by atoms with Crippen LogP contribution in [0.4, 0.5) is 0 Å². The second-order valence-corrected chi connectivity index (χ2v) is 6.20. The first-order chi connectivity index (χ1) is 8.68. The molecule has 2 rings (SSSR count). The summed E-state index contributed by atoms with van der Waals surface area (Å²) in [6.45, 7) is 4.05. The molecule has 1 N–H and O–H groups in total. The van der Waals surface area contributed by atoms with Crippen molar-refractivity contribution in [3.63, 3.8) is 0 Å². The monoisotopic (exact) mass is 253 g/mol. The van der Waals surface area contributed by atoms with E-state index in [2.05, 4.69) is 11.8 Å². The maximum Gasteiger partial charge on any atom is 0.310 e. The third-order valence-electron chi connectivity index (χ3n) is 4.59. The fourth-order valence-electron chi connectivity index (χ4n) is 3.35. The lowest BCUT2D eigenvalue weighted by atomic mass is 9.79. The lowest BCUT2D eigenvalue weighted by Crippen LogP contribution is -2.44. The van der Waals surface area contributed by atoms with Crippen molar-refractivity contribution in [3.05, 3.63) is 0 Å². The van der Waals surface area contributed by atoms with Gasteiger partial charge in [-0.25, -0.2) is 0 Å². The number of carboxylic acids is 1. The number of carboxylic acid groups (broad SMARTS) is 1. The first-order valence-electron chi connectivity index (χ1n) is 7.65. The molecule has 18 heavy (non-hydrogen) atoms. The molecule has 0 aromatic heterocycles. The summed E-state index contributed by atoms with van der Waals surface area (Å²) >= 11 is 0. The average molecular weight is 253 g/mol. The largest absolute Gasteiger partial charge is 0.481 e. The Labute approximate surface area is 111 Å². The van der Waals surface area contributed by atoms with E-state index in [1.807, 2.05) is 0 Å². The van der Waals surface area contributed by atoms with Gasteiger partial charge in [0.2, 0.25) is 0 Å². The van der Waals surface area contributed by atoms with E-state index in [9.17, 15) is 9.90 Å². The summed E-state index contributed by atoms with van der Waals surface area (Å²) in [6, 6.07) is 0.685. The standard InChI is InChI=1S/C15H27NO2/c1-2-11-16(13-7-8-13)12-15(14(17)18)9-5-3-4-6-10-15/h13H,2-12H2,1H3,(H,17,18). The van der Waals surface area contributed by atoms with E-state index >= 15 is 0 Å². The minimum absolute atomic E-state index is 0.450. The molecule has 0 amide bonds. The van der Waals surface area contributed by atoms with Crippen LogP contribution in [0.5, 0.6) is 0 Å². The zero-order valence-electron chi connectivity index (χ0n) is 11.7. The molecule has 0 unspecified atom stereocenters. The minimum Gasteiger partial charge on any atom is -0.481 e. The summed E-state index contributed by atoms with van der Waals surface area (Å²) in [4.78, 5) is 14.2. The van der Waals surface area contributed by atoms with Gasteiger partial charge in [-0.15, -0.1) is 0 Å². The molecule has 0 aliphatic heterocycles. The third-order valence-corrected chi connectivity index (χ3v) is 4.59. The van der Waals surface area contributed by atoms with Crippen LogP contribution in [0.1, 0.15) is 64.7 Å². The highest BCUT2D eigenvalue weighted by Crippen LogP contribution is 2.39. The molecule has 0 aromatic rings. The fourth-order valence-corrected chi connectivity index (χ4v) is 3.35. The summed E-state index contributed by atoms with van der Waals surface area (Å²) in [5.41, 5.74) is -0.450. The zero-order valence-corrected chi connectivity index (χ0v) is 11.7. The molecule has 104 valence electrons. The highest BCUT2D eigenvalue weighted by atomic mass is 16.4. The minimum atomic E-state index is -0.550. The van der Waals surface area contributed by atoms with E-state index < -0.39 is 11.4 Å². The van der Waals surface area contributed by atoms with E-state index in [1.165, 1.54) is 25.7 Å². The van der Waals surface area contributed by atoms with Gasteiger partial charge < -0.3 is 5.11 Å². The number of hydrogen-bond donors (Lipinski definition) is 1. The van der Waals surface area contributed by atoms with E-state index in [-0.39, 0.29) is 0 Å². The third kappa shape index (κ3) is 3.25. The van der Waals surface area contributed by atoms with Gasteiger partial charge in [0.1, 0.15) is 0 Å². The Morgan fingerprint density at radius 1 is 1.22 bits per heavy atom. The van der Waals surface area contributed by atoms with Gasteiger partial charge in [0, 0.05) is 12.6 Å². The Balaban J connectivity index is 2.05. The molecule has 0 spiro atoms. The predicted molar refractivity (Wildman–Crippen MR) is 72.7 cm³/mol. The van der Waals surface area contributed by atoms with E-state index in [0.29, 0.717) is 6.04 Å². The van der Waals surface area contributed by atoms with Crippen LogP contribution in [0, 0.1) is 5.41 Å². The van der Waals surface area contributed by atoms with Crippen LogP contribution in [0.2, 0.25) is 0 Å². The van der Waals surface area contributed by atoms with Crippen molar-refractivity contribution in [2.24, 2.45) is 5.41 Å². The van der Waals surface area contributed by atoms with E-state index in [1.54, 1.807) is 0 Å². The molecule has 2 saturated carbocycles.